The Morgan fingerprint density at radius 2 is 2.04 bits per heavy atom. The van der Waals surface area contributed by atoms with Crippen LogP contribution in [-0.2, 0) is 23.6 Å². The van der Waals surface area contributed by atoms with Gasteiger partial charge in [-0.1, -0.05) is 41.6 Å². The molecule has 0 aliphatic carbocycles. The standard InChI is InChI=1S/C19H20N2O4S/c1-13-3-5-14(6-4-13)10-21-15(11-22)9-20-19(21)26-12-16-7-8-17(25-16)18(23)24-2/h3-9,22H,10-12H2,1-2H3. The summed E-state index contributed by atoms with van der Waals surface area (Å²) in [6, 6.07) is 11.6. The topological polar surface area (TPSA) is 77.5 Å². The summed E-state index contributed by atoms with van der Waals surface area (Å²) in [6.07, 6.45) is 1.68. The number of esters is 1. The molecule has 136 valence electrons. The van der Waals surface area contributed by atoms with Crippen molar-refractivity contribution in [3.05, 3.63) is 70.9 Å². The third kappa shape index (κ3) is 4.17. The number of thioether (sulfide) groups is 1. The van der Waals surface area contributed by atoms with Gasteiger partial charge in [-0.25, -0.2) is 9.78 Å². The highest BCUT2D eigenvalue weighted by molar-refractivity contribution is 7.98. The molecule has 0 atom stereocenters. The molecule has 3 aromatic rings. The van der Waals surface area contributed by atoms with Crippen molar-refractivity contribution in [2.45, 2.75) is 31.0 Å². The number of imidazole rings is 1. The second kappa shape index (κ2) is 8.25. The van der Waals surface area contributed by atoms with Crippen molar-refractivity contribution < 1.29 is 19.1 Å². The molecule has 0 unspecified atom stereocenters. The predicted molar refractivity (Wildman–Crippen MR) is 98.0 cm³/mol. The molecule has 3 rings (SSSR count). The molecule has 1 aromatic carbocycles. The Balaban J connectivity index is 1.73. The maximum absolute atomic E-state index is 11.5. The second-order valence-corrected chi connectivity index (χ2v) is 6.75. The van der Waals surface area contributed by atoms with E-state index in [4.69, 9.17) is 4.42 Å². The van der Waals surface area contributed by atoms with Crippen molar-refractivity contribution in [1.82, 2.24) is 9.55 Å². The Morgan fingerprint density at radius 1 is 1.27 bits per heavy atom. The SMILES string of the molecule is COC(=O)c1ccc(CSc2ncc(CO)n2Cc2ccc(C)cc2)o1. The Labute approximate surface area is 155 Å². The molecule has 0 amide bonds. The molecule has 0 aliphatic rings. The van der Waals surface area contributed by atoms with E-state index >= 15 is 0 Å². The molecule has 0 aliphatic heterocycles. The van der Waals surface area contributed by atoms with Crippen LogP contribution in [0.4, 0.5) is 0 Å². The van der Waals surface area contributed by atoms with Crippen LogP contribution in [0.15, 0.2) is 52.2 Å². The summed E-state index contributed by atoms with van der Waals surface area (Å²) in [6.45, 7) is 2.60. The zero-order chi connectivity index (χ0) is 18.5. The largest absolute Gasteiger partial charge is 0.463 e. The average Bonchev–Trinajstić information content (AvgIpc) is 3.28. The summed E-state index contributed by atoms with van der Waals surface area (Å²) in [5.74, 6) is 0.866. The molecule has 2 aromatic heterocycles. The number of benzene rings is 1. The van der Waals surface area contributed by atoms with Gasteiger partial charge in [0.05, 0.1) is 31.4 Å². The van der Waals surface area contributed by atoms with E-state index in [1.165, 1.54) is 24.4 Å². The Morgan fingerprint density at radius 3 is 2.73 bits per heavy atom. The molecule has 0 fully saturated rings. The minimum absolute atomic E-state index is 0.0767. The molecule has 0 bridgehead atoms. The number of carbonyl (C=O) groups is 1. The zero-order valence-electron chi connectivity index (χ0n) is 14.6. The second-order valence-electron chi connectivity index (χ2n) is 5.81. The van der Waals surface area contributed by atoms with Gasteiger partial charge in [0.15, 0.2) is 5.16 Å². The van der Waals surface area contributed by atoms with Gasteiger partial charge in [-0.05, 0) is 24.6 Å². The number of aliphatic hydroxyl groups is 1. The van der Waals surface area contributed by atoms with Gasteiger partial charge in [0.2, 0.25) is 5.76 Å². The molecule has 1 N–H and O–H groups in total. The molecule has 0 spiro atoms. The van der Waals surface area contributed by atoms with E-state index in [-0.39, 0.29) is 12.4 Å². The van der Waals surface area contributed by atoms with E-state index in [9.17, 15) is 9.90 Å². The third-order valence-electron chi connectivity index (χ3n) is 3.92. The lowest BCUT2D eigenvalue weighted by molar-refractivity contribution is 0.0563. The van der Waals surface area contributed by atoms with Crippen LogP contribution < -0.4 is 0 Å². The van der Waals surface area contributed by atoms with E-state index < -0.39 is 5.97 Å². The fourth-order valence-electron chi connectivity index (χ4n) is 2.48. The summed E-state index contributed by atoms with van der Waals surface area (Å²) < 4.78 is 12.1. The quantitative estimate of drug-likeness (QED) is 0.506. The van der Waals surface area contributed by atoms with Crippen LogP contribution in [0.3, 0.4) is 0 Å². The highest BCUT2D eigenvalue weighted by Gasteiger charge is 2.14. The minimum atomic E-state index is -0.496. The van der Waals surface area contributed by atoms with E-state index in [0.717, 1.165) is 16.4 Å². The molecule has 26 heavy (non-hydrogen) atoms. The Hall–Kier alpha value is -2.51. The number of furan rings is 1. The van der Waals surface area contributed by atoms with Crippen molar-refractivity contribution in [1.29, 1.82) is 0 Å². The van der Waals surface area contributed by atoms with E-state index in [1.807, 2.05) is 11.5 Å². The van der Waals surface area contributed by atoms with Crippen LogP contribution in [0.5, 0.6) is 0 Å². The lowest BCUT2D eigenvalue weighted by atomic mass is 10.1. The predicted octanol–water partition coefficient (Wildman–Crippen LogP) is 3.40. The maximum atomic E-state index is 11.5. The van der Waals surface area contributed by atoms with Gasteiger partial charge in [-0.15, -0.1) is 0 Å². The van der Waals surface area contributed by atoms with Crippen molar-refractivity contribution in [3.63, 3.8) is 0 Å². The molecule has 7 heteroatoms. The number of aromatic nitrogens is 2. The molecule has 6 nitrogen and oxygen atoms in total. The van der Waals surface area contributed by atoms with Crippen LogP contribution >= 0.6 is 11.8 Å². The first-order valence-corrected chi connectivity index (χ1v) is 9.10. The summed E-state index contributed by atoms with van der Waals surface area (Å²) in [4.78, 5) is 15.9. The number of methoxy groups -OCH3 is 1. The molecule has 0 radical (unpaired) electrons. The van der Waals surface area contributed by atoms with E-state index in [2.05, 4.69) is 34.0 Å². The van der Waals surface area contributed by atoms with Gasteiger partial charge in [0, 0.05) is 6.54 Å². The lowest BCUT2D eigenvalue weighted by Crippen LogP contribution is -2.06. The van der Waals surface area contributed by atoms with Crippen LogP contribution in [-0.4, -0.2) is 27.7 Å². The number of hydrogen-bond acceptors (Lipinski definition) is 6. The molecule has 0 saturated heterocycles. The highest BCUT2D eigenvalue weighted by Crippen LogP contribution is 2.25. The Bertz CT molecular complexity index is 883. The van der Waals surface area contributed by atoms with E-state index in [0.29, 0.717) is 18.1 Å². The van der Waals surface area contributed by atoms with Crippen molar-refractivity contribution in [2.75, 3.05) is 7.11 Å². The van der Waals surface area contributed by atoms with Crippen LogP contribution in [0.2, 0.25) is 0 Å². The van der Waals surface area contributed by atoms with Crippen molar-refractivity contribution in [2.24, 2.45) is 0 Å². The first-order valence-electron chi connectivity index (χ1n) is 8.11. The minimum Gasteiger partial charge on any atom is -0.463 e. The third-order valence-corrected chi connectivity index (χ3v) is 4.93. The molecular weight excluding hydrogens is 352 g/mol. The fraction of sp³-hybridized carbons (Fsp3) is 0.263. The molecule has 2 heterocycles. The highest BCUT2D eigenvalue weighted by atomic mass is 32.2. The van der Waals surface area contributed by atoms with Gasteiger partial charge in [-0.2, -0.15) is 0 Å². The monoisotopic (exact) mass is 372 g/mol. The maximum Gasteiger partial charge on any atom is 0.373 e. The van der Waals surface area contributed by atoms with Gasteiger partial charge >= 0.3 is 5.97 Å². The molecular formula is C19H20N2O4S. The first-order chi connectivity index (χ1) is 12.6. The number of aryl methyl sites for hydroxylation is 1. The van der Waals surface area contributed by atoms with Gasteiger partial charge in [0.1, 0.15) is 5.76 Å². The number of carbonyl (C=O) groups excluding carboxylic acids is 1. The number of ether oxygens (including phenoxy) is 1. The lowest BCUT2D eigenvalue weighted by Gasteiger charge is -2.11. The number of hydrogen-bond donors (Lipinski definition) is 1. The van der Waals surface area contributed by atoms with Crippen molar-refractivity contribution in [3.8, 4) is 0 Å². The summed E-state index contributed by atoms with van der Waals surface area (Å²) >= 11 is 1.49. The Kier molecular flexibility index (Phi) is 5.80. The summed E-state index contributed by atoms with van der Waals surface area (Å²) in [5.41, 5.74) is 3.09. The number of aliphatic hydroxyl groups excluding tert-OH is 1. The first kappa shape index (κ1) is 18.3. The smallest absolute Gasteiger partial charge is 0.373 e. The summed E-state index contributed by atoms with van der Waals surface area (Å²) in [7, 11) is 1.32. The average molecular weight is 372 g/mol. The number of rotatable bonds is 7. The van der Waals surface area contributed by atoms with Gasteiger partial charge < -0.3 is 18.8 Å². The van der Waals surface area contributed by atoms with Gasteiger partial charge in [-0.3, -0.25) is 0 Å². The summed E-state index contributed by atoms with van der Waals surface area (Å²) in [5, 5.41) is 10.4. The fourth-order valence-corrected chi connectivity index (χ4v) is 3.37. The van der Waals surface area contributed by atoms with Crippen LogP contribution in [0.25, 0.3) is 0 Å². The van der Waals surface area contributed by atoms with Crippen molar-refractivity contribution >= 4 is 17.7 Å². The van der Waals surface area contributed by atoms with E-state index in [1.54, 1.807) is 18.3 Å². The molecule has 0 saturated carbocycles. The van der Waals surface area contributed by atoms with Gasteiger partial charge in [0.25, 0.3) is 0 Å². The van der Waals surface area contributed by atoms with Crippen LogP contribution in [0, 0.1) is 6.92 Å². The van der Waals surface area contributed by atoms with Crippen LogP contribution in [0.1, 0.15) is 33.1 Å². The normalized spacial score (nSPS) is 10.9. The number of nitrogens with zero attached hydrogens (tertiary/aromatic N) is 2. The zero-order valence-corrected chi connectivity index (χ0v) is 15.5.